The molecule has 0 atom stereocenters. The van der Waals surface area contributed by atoms with Gasteiger partial charge in [0.1, 0.15) is 5.75 Å². The Kier molecular flexibility index (Phi) is 3.64. The van der Waals surface area contributed by atoms with E-state index in [1.54, 1.807) is 0 Å². The summed E-state index contributed by atoms with van der Waals surface area (Å²) in [4.78, 5) is 0. The van der Waals surface area contributed by atoms with Gasteiger partial charge in [-0.3, -0.25) is 0 Å². The van der Waals surface area contributed by atoms with Crippen LogP contribution in [0.2, 0.25) is 5.02 Å². The minimum absolute atomic E-state index is 0.0537. The van der Waals surface area contributed by atoms with Crippen molar-refractivity contribution in [3.63, 3.8) is 0 Å². The highest BCUT2D eigenvalue weighted by molar-refractivity contribution is 6.30. The third-order valence-electron chi connectivity index (χ3n) is 3.09. The largest absolute Gasteiger partial charge is 0.493 e. The normalized spacial score (nSPS) is 16.7. The highest BCUT2D eigenvalue weighted by Crippen LogP contribution is 2.33. The molecule has 0 amide bonds. The molecule has 1 aliphatic rings. The molecule has 1 saturated heterocycles. The van der Waals surface area contributed by atoms with E-state index in [1.165, 1.54) is 5.56 Å². The zero-order valence-electron chi connectivity index (χ0n) is 10.7. The summed E-state index contributed by atoms with van der Waals surface area (Å²) in [6, 6.07) is 5.88. The summed E-state index contributed by atoms with van der Waals surface area (Å²) in [6.07, 6.45) is 0. The molecule has 0 bridgehead atoms. The number of halogens is 1. The zero-order valence-corrected chi connectivity index (χ0v) is 11.5. The lowest BCUT2D eigenvalue weighted by Crippen LogP contribution is -2.45. The van der Waals surface area contributed by atoms with Gasteiger partial charge in [0.2, 0.25) is 0 Å². The summed E-state index contributed by atoms with van der Waals surface area (Å²) in [6.45, 7) is 9.46. The van der Waals surface area contributed by atoms with Crippen molar-refractivity contribution in [2.75, 3.05) is 19.7 Å². The average Bonchev–Trinajstić information content (AvgIpc) is 2.16. The van der Waals surface area contributed by atoms with Crippen LogP contribution in [-0.2, 0) is 5.41 Å². The Balaban J connectivity index is 2.13. The first kappa shape index (κ1) is 12.7. The van der Waals surface area contributed by atoms with Crippen LogP contribution in [0.25, 0.3) is 0 Å². The SMILES string of the molecule is CC(C)(C)c1cc(Cl)ccc1OCC1CNC1. The zero-order chi connectivity index (χ0) is 12.5. The van der Waals surface area contributed by atoms with Crippen molar-refractivity contribution in [3.05, 3.63) is 28.8 Å². The van der Waals surface area contributed by atoms with Crippen LogP contribution < -0.4 is 10.1 Å². The first-order valence-electron chi connectivity index (χ1n) is 6.10. The van der Waals surface area contributed by atoms with Crippen LogP contribution in [0, 0.1) is 5.92 Å². The molecule has 1 N–H and O–H groups in total. The lowest BCUT2D eigenvalue weighted by Gasteiger charge is -2.29. The van der Waals surface area contributed by atoms with Crippen LogP contribution >= 0.6 is 11.6 Å². The minimum Gasteiger partial charge on any atom is -0.493 e. The predicted molar refractivity (Wildman–Crippen MR) is 72.0 cm³/mol. The number of benzene rings is 1. The maximum absolute atomic E-state index is 6.06. The van der Waals surface area contributed by atoms with Gasteiger partial charge < -0.3 is 10.1 Å². The van der Waals surface area contributed by atoms with E-state index in [0.29, 0.717) is 5.92 Å². The topological polar surface area (TPSA) is 21.3 Å². The number of hydrogen-bond acceptors (Lipinski definition) is 2. The van der Waals surface area contributed by atoms with Gasteiger partial charge >= 0.3 is 0 Å². The lowest BCUT2D eigenvalue weighted by molar-refractivity contribution is 0.196. The summed E-state index contributed by atoms with van der Waals surface area (Å²) in [5.74, 6) is 1.62. The fraction of sp³-hybridized carbons (Fsp3) is 0.571. The fourth-order valence-electron chi connectivity index (χ4n) is 1.89. The summed E-state index contributed by atoms with van der Waals surface area (Å²) >= 11 is 6.06. The van der Waals surface area contributed by atoms with Gasteiger partial charge in [0.05, 0.1) is 6.61 Å². The Morgan fingerprint density at radius 1 is 1.35 bits per heavy atom. The van der Waals surface area contributed by atoms with Gasteiger partial charge in [0.15, 0.2) is 0 Å². The quantitative estimate of drug-likeness (QED) is 0.893. The predicted octanol–water partition coefficient (Wildman–Crippen LogP) is 3.24. The molecule has 1 aliphatic heterocycles. The van der Waals surface area contributed by atoms with Gasteiger partial charge in [0, 0.05) is 29.6 Å². The second-order valence-electron chi connectivity index (χ2n) is 5.73. The first-order valence-corrected chi connectivity index (χ1v) is 6.48. The van der Waals surface area contributed by atoms with Crippen LogP contribution in [-0.4, -0.2) is 19.7 Å². The van der Waals surface area contributed by atoms with Gasteiger partial charge in [-0.25, -0.2) is 0 Å². The van der Waals surface area contributed by atoms with Crippen molar-refractivity contribution in [1.29, 1.82) is 0 Å². The fourth-order valence-corrected chi connectivity index (χ4v) is 2.06. The van der Waals surface area contributed by atoms with Crippen molar-refractivity contribution >= 4 is 11.6 Å². The molecule has 0 aliphatic carbocycles. The molecule has 1 heterocycles. The first-order chi connectivity index (χ1) is 7.97. The molecule has 1 aromatic carbocycles. The Morgan fingerprint density at radius 2 is 2.06 bits per heavy atom. The molecule has 17 heavy (non-hydrogen) atoms. The van der Waals surface area contributed by atoms with Crippen molar-refractivity contribution in [1.82, 2.24) is 5.32 Å². The third kappa shape index (κ3) is 3.14. The van der Waals surface area contributed by atoms with Crippen LogP contribution in [0.1, 0.15) is 26.3 Å². The molecule has 1 aromatic rings. The van der Waals surface area contributed by atoms with E-state index in [-0.39, 0.29) is 5.41 Å². The molecule has 0 spiro atoms. The number of hydrogen-bond donors (Lipinski definition) is 1. The van der Waals surface area contributed by atoms with Crippen LogP contribution in [0.5, 0.6) is 5.75 Å². The second kappa shape index (κ2) is 4.87. The van der Waals surface area contributed by atoms with E-state index in [0.717, 1.165) is 30.5 Å². The van der Waals surface area contributed by atoms with Crippen molar-refractivity contribution in [2.24, 2.45) is 5.92 Å². The Bertz CT molecular complexity index is 394. The summed E-state index contributed by atoms with van der Waals surface area (Å²) in [5.41, 5.74) is 1.23. The number of rotatable bonds is 3. The summed E-state index contributed by atoms with van der Waals surface area (Å²) in [7, 11) is 0. The monoisotopic (exact) mass is 253 g/mol. The average molecular weight is 254 g/mol. The molecule has 0 radical (unpaired) electrons. The van der Waals surface area contributed by atoms with Crippen molar-refractivity contribution in [2.45, 2.75) is 26.2 Å². The standard InChI is InChI=1S/C14H20ClNO/c1-14(2,3)12-6-11(15)4-5-13(12)17-9-10-7-16-8-10/h4-6,10,16H,7-9H2,1-3H3. The number of nitrogens with one attached hydrogen (secondary N) is 1. The van der Waals surface area contributed by atoms with Crippen LogP contribution in [0.15, 0.2) is 18.2 Å². The highest BCUT2D eigenvalue weighted by atomic mass is 35.5. The van der Waals surface area contributed by atoms with Crippen molar-refractivity contribution in [3.8, 4) is 5.75 Å². The molecule has 2 rings (SSSR count). The van der Waals surface area contributed by atoms with E-state index in [2.05, 4.69) is 26.1 Å². The van der Waals surface area contributed by atoms with E-state index < -0.39 is 0 Å². The minimum atomic E-state index is 0.0537. The van der Waals surface area contributed by atoms with Gasteiger partial charge in [-0.15, -0.1) is 0 Å². The molecule has 1 fully saturated rings. The van der Waals surface area contributed by atoms with Gasteiger partial charge in [-0.05, 0) is 23.6 Å². The molecule has 2 nitrogen and oxygen atoms in total. The van der Waals surface area contributed by atoms with Gasteiger partial charge in [-0.2, -0.15) is 0 Å². The molecular weight excluding hydrogens is 234 g/mol. The maximum atomic E-state index is 6.06. The molecule has 3 heteroatoms. The van der Waals surface area contributed by atoms with Gasteiger partial charge in [0.25, 0.3) is 0 Å². The Morgan fingerprint density at radius 3 is 2.59 bits per heavy atom. The van der Waals surface area contributed by atoms with Crippen molar-refractivity contribution < 1.29 is 4.74 Å². The Hall–Kier alpha value is -0.730. The van der Waals surface area contributed by atoms with E-state index in [9.17, 15) is 0 Å². The lowest BCUT2D eigenvalue weighted by atomic mass is 9.86. The third-order valence-corrected chi connectivity index (χ3v) is 3.33. The molecule has 94 valence electrons. The molecule has 0 saturated carbocycles. The van der Waals surface area contributed by atoms with Crippen LogP contribution in [0.3, 0.4) is 0 Å². The molecular formula is C14H20ClNO. The van der Waals surface area contributed by atoms with E-state index in [1.807, 2.05) is 18.2 Å². The summed E-state index contributed by atoms with van der Waals surface area (Å²) in [5, 5.41) is 4.02. The second-order valence-corrected chi connectivity index (χ2v) is 6.16. The highest BCUT2D eigenvalue weighted by Gasteiger charge is 2.22. The van der Waals surface area contributed by atoms with Gasteiger partial charge in [-0.1, -0.05) is 32.4 Å². The molecule has 0 aromatic heterocycles. The number of ether oxygens (including phenoxy) is 1. The Labute approximate surface area is 108 Å². The summed E-state index contributed by atoms with van der Waals surface area (Å²) < 4.78 is 5.92. The van der Waals surface area contributed by atoms with Crippen LogP contribution in [0.4, 0.5) is 0 Å². The maximum Gasteiger partial charge on any atom is 0.123 e. The van der Waals surface area contributed by atoms with E-state index >= 15 is 0 Å². The smallest absolute Gasteiger partial charge is 0.123 e. The molecule has 0 unspecified atom stereocenters. The van der Waals surface area contributed by atoms with E-state index in [4.69, 9.17) is 16.3 Å².